The van der Waals surface area contributed by atoms with Crippen LogP contribution in [0.15, 0.2) is 24.3 Å². The fourth-order valence-corrected chi connectivity index (χ4v) is 1.42. The van der Waals surface area contributed by atoms with Crippen molar-refractivity contribution in [2.24, 2.45) is 0 Å². The monoisotopic (exact) mass is 246 g/mol. The van der Waals surface area contributed by atoms with Gasteiger partial charge in [0.15, 0.2) is 0 Å². The second-order valence-electron chi connectivity index (χ2n) is 2.50. The number of hydrogen-bond donors (Lipinski definition) is 0. The van der Waals surface area contributed by atoms with Crippen LogP contribution < -0.4 is 0 Å². The van der Waals surface area contributed by atoms with Crippen LogP contribution in [0.25, 0.3) is 0 Å². The van der Waals surface area contributed by atoms with Crippen molar-refractivity contribution in [1.82, 2.24) is 0 Å². The number of alkyl halides is 1. The zero-order chi connectivity index (χ0) is 9.68. The zero-order valence-corrected chi connectivity index (χ0v) is 8.38. The number of carbonyl (C=O) groups excluding carboxylic acids is 1. The molecule has 4 heteroatoms. The van der Waals surface area contributed by atoms with E-state index in [1.165, 1.54) is 0 Å². The van der Waals surface area contributed by atoms with Gasteiger partial charge in [-0.25, -0.2) is 9.74 Å². The smallest absolute Gasteiger partial charge is 0.249 e. The van der Waals surface area contributed by atoms with E-state index in [4.69, 9.17) is 0 Å². The van der Waals surface area contributed by atoms with Crippen LogP contribution in [0, 0.1) is 0 Å². The average Bonchev–Trinajstić information content (AvgIpc) is 2.18. The van der Waals surface area contributed by atoms with E-state index < -0.39 is 5.97 Å². The molecule has 0 amide bonds. The molecular formula is C9H8BrFO2. The highest BCUT2D eigenvalue weighted by molar-refractivity contribution is 9.09. The Morgan fingerprint density at radius 1 is 1.38 bits per heavy atom. The fourth-order valence-electron chi connectivity index (χ4n) is 0.961. The number of aryl methyl sites for hydroxylation is 1. The summed E-state index contributed by atoms with van der Waals surface area (Å²) < 4.78 is 11.5. The molecule has 0 saturated heterocycles. The predicted octanol–water partition coefficient (Wildman–Crippen LogP) is 2.67. The summed E-state index contributed by atoms with van der Waals surface area (Å²) in [4.78, 5) is 13.8. The molecule has 0 unspecified atom stereocenters. The predicted molar refractivity (Wildman–Crippen MR) is 50.5 cm³/mol. The van der Waals surface area contributed by atoms with E-state index in [1.807, 2.05) is 0 Å². The SMILES string of the molecule is O=C(OF)c1ccc(CCBr)cc1. The Morgan fingerprint density at radius 2 is 2.00 bits per heavy atom. The Hall–Kier alpha value is -0.900. The van der Waals surface area contributed by atoms with Crippen LogP contribution >= 0.6 is 15.9 Å². The molecule has 0 spiro atoms. The molecule has 1 aromatic rings. The minimum Gasteiger partial charge on any atom is -0.249 e. The molecule has 13 heavy (non-hydrogen) atoms. The van der Waals surface area contributed by atoms with E-state index >= 15 is 0 Å². The fraction of sp³-hybridized carbons (Fsp3) is 0.222. The second kappa shape index (κ2) is 4.97. The van der Waals surface area contributed by atoms with E-state index in [0.717, 1.165) is 17.3 Å². The van der Waals surface area contributed by atoms with Gasteiger partial charge in [0.25, 0.3) is 0 Å². The number of carbonyl (C=O) groups is 1. The summed E-state index contributed by atoms with van der Waals surface area (Å²) in [5, 5.41) is 0.861. The van der Waals surface area contributed by atoms with E-state index in [2.05, 4.69) is 20.9 Å². The molecule has 70 valence electrons. The third-order valence-electron chi connectivity index (χ3n) is 1.64. The third kappa shape index (κ3) is 2.81. The number of halogens is 2. The van der Waals surface area contributed by atoms with Crippen molar-refractivity contribution >= 4 is 21.9 Å². The maximum atomic E-state index is 11.5. The van der Waals surface area contributed by atoms with Crippen molar-refractivity contribution in [3.05, 3.63) is 35.4 Å². The van der Waals surface area contributed by atoms with Gasteiger partial charge in [0.1, 0.15) is 0 Å². The van der Waals surface area contributed by atoms with Gasteiger partial charge in [-0.1, -0.05) is 28.1 Å². The molecule has 0 fully saturated rings. The Labute approximate surface area is 83.7 Å². The van der Waals surface area contributed by atoms with Gasteiger partial charge in [0.2, 0.25) is 0 Å². The van der Waals surface area contributed by atoms with E-state index in [9.17, 15) is 9.32 Å². The zero-order valence-electron chi connectivity index (χ0n) is 6.80. The van der Waals surface area contributed by atoms with Crippen molar-refractivity contribution in [3.63, 3.8) is 0 Å². The van der Waals surface area contributed by atoms with Crippen molar-refractivity contribution in [2.45, 2.75) is 6.42 Å². The quantitative estimate of drug-likeness (QED) is 0.767. The van der Waals surface area contributed by atoms with Gasteiger partial charge in [-0.2, -0.15) is 0 Å². The summed E-state index contributed by atoms with van der Waals surface area (Å²) in [7, 11) is 0. The maximum absolute atomic E-state index is 11.5. The molecule has 0 saturated carbocycles. The summed E-state index contributed by atoms with van der Waals surface area (Å²) in [6, 6.07) is 6.63. The topological polar surface area (TPSA) is 26.3 Å². The van der Waals surface area contributed by atoms with Gasteiger partial charge in [-0.15, -0.1) is 0 Å². The van der Waals surface area contributed by atoms with Crippen molar-refractivity contribution in [3.8, 4) is 0 Å². The van der Waals surface area contributed by atoms with E-state index in [-0.39, 0.29) is 5.56 Å². The first-order chi connectivity index (χ1) is 6.27. The molecule has 0 aromatic heterocycles. The number of hydrogen-bond acceptors (Lipinski definition) is 2. The van der Waals surface area contributed by atoms with Crippen LogP contribution in [0.2, 0.25) is 0 Å². The van der Waals surface area contributed by atoms with Crippen molar-refractivity contribution < 1.29 is 14.3 Å². The molecular weight excluding hydrogens is 239 g/mol. The molecule has 0 N–H and O–H groups in total. The van der Waals surface area contributed by atoms with Crippen LogP contribution in [-0.4, -0.2) is 11.3 Å². The molecule has 0 aliphatic carbocycles. The van der Waals surface area contributed by atoms with E-state index in [0.29, 0.717) is 0 Å². The van der Waals surface area contributed by atoms with Gasteiger partial charge >= 0.3 is 5.97 Å². The maximum Gasteiger partial charge on any atom is 0.379 e. The molecule has 1 rings (SSSR count). The van der Waals surface area contributed by atoms with Crippen molar-refractivity contribution in [2.75, 3.05) is 5.33 Å². The highest BCUT2D eigenvalue weighted by Crippen LogP contribution is 2.07. The van der Waals surface area contributed by atoms with Crippen LogP contribution in [0.4, 0.5) is 4.53 Å². The first kappa shape index (κ1) is 10.2. The molecule has 0 aliphatic heterocycles. The van der Waals surface area contributed by atoms with Crippen molar-refractivity contribution in [1.29, 1.82) is 0 Å². The lowest BCUT2D eigenvalue weighted by molar-refractivity contribution is -0.0788. The van der Waals surface area contributed by atoms with Crippen LogP contribution in [0.1, 0.15) is 15.9 Å². The average molecular weight is 247 g/mol. The van der Waals surface area contributed by atoms with Gasteiger partial charge in [-0.05, 0) is 24.1 Å². The van der Waals surface area contributed by atoms with Crippen LogP contribution in [-0.2, 0) is 11.4 Å². The van der Waals surface area contributed by atoms with Gasteiger partial charge in [-0.3, -0.25) is 0 Å². The molecule has 0 radical (unpaired) electrons. The highest BCUT2D eigenvalue weighted by Gasteiger charge is 2.06. The minimum absolute atomic E-state index is 0.223. The standard InChI is InChI=1S/C9H8BrFO2/c10-6-5-7-1-3-8(4-2-7)9(12)13-11/h1-4H,5-6H2. The molecule has 2 nitrogen and oxygen atoms in total. The third-order valence-corrected chi connectivity index (χ3v) is 2.04. The molecule has 1 aromatic carbocycles. The summed E-state index contributed by atoms with van der Waals surface area (Å²) in [6.07, 6.45) is 0.880. The minimum atomic E-state index is -0.953. The van der Waals surface area contributed by atoms with Crippen LogP contribution in [0.5, 0.6) is 0 Å². The Kier molecular flexibility index (Phi) is 3.89. The summed E-state index contributed by atoms with van der Waals surface area (Å²) in [6.45, 7) is 0. The Bertz CT molecular complexity index is 284. The number of benzene rings is 1. The highest BCUT2D eigenvalue weighted by atomic mass is 79.9. The number of rotatable bonds is 3. The first-order valence-electron chi connectivity index (χ1n) is 3.75. The summed E-state index contributed by atoms with van der Waals surface area (Å²) in [5.41, 5.74) is 1.31. The Balaban J connectivity index is 2.75. The summed E-state index contributed by atoms with van der Waals surface area (Å²) >= 11 is 3.30. The lowest BCUT2D eigenvalue weighted by atomic mass is 10.1. The molecule has 0 atom stereocenters. The van der Waals surface area contributed by atoms with E-state index in [1.54, 1.807) is 24.3 Å². The largest absolute Gasteiger partial charge is 0.379 e. The second-order valence-corrected chi connectivity index (χ2v) is 3.29. The van der Waals surface area contributed by atoms with Gasteiger partial charge in [0.05, 0.1) is 5.56 Å². The molecule has 0 bridgehead atoms. The van der Waals surface area contributed by atoms with Gasteiger partial charge < -0.3 is 0 Å². The summed E-state index contributed by atoms with van der Waals surface area (Å²) in [5.74, 6) is -0.953. The molecule has 0 aliphatic rings. The molecule has 0 heterocycles. The lowest BCUT2D eigenvalue weighted by Gasteiger charge is -1.98. The Morgan fingerprint density at radius 3 is 2.46 bits per heavy atom. The first-order valence-corrected chi connectivity index (χ1v) is 4.88. The van der Waals surface area contributed by atoms with Gasteiger partial charge in [0, 0.05) is 9.86 Å². The van der Waals surface area contributed by atoms with Crippen LogP contribution in [0.3, 0.4) is 0 Å². The lowest BCUT2D eigenvalue weighted by Crippen LogP contribution is -1.98. The normalized spacial score (nSPS) is 9.69.